The molecule has 0 unspecified atom stereocenters. The number of fused-ring (bicyclic) bond motifs is 1. The molecule has 0 spiro atoms. The summed E-state index contributed by atoms with van der Waals surface area (Å²) in [4.78, 5) is 27.9. The normalized spacial score (nSPS) is 11.7. The average molecular weight is 479 g/mol. The minimum atomic E-state index is -0.408. The molecular weight excluding hydrogens is 452 g/mol. The lowest BCUT2D eigenvalue weighted by atomic mass is 10.00. The summed E-state index contributed by atoms with van der Waals surface area (Å²) < 4.78 is 5.11. The van der Waals surface area contributed by atoms with Crippen LogP contribution in [-0.4, -0.2) is 38.3 Å². The molecule has 0 fully saturated rings. The highest BCUT2D eigenvalue weighted by atomic mass is 16.5. The molecule has 0 atom stereocenters. The van der Waals surface area contributed by atoms with Gasteiger partial charge in [0.05, 0.1) is 29.1 Å². The van der Waals surface area contributed by atoms with Crippen LogP contribution < -0.4 is 0 Å². The lowest BCUT2D eigenvalue weighted by Gasteiger charge is -2.08. The van der Waals surface area contributed by atoms with Crippen LogP contribution in [0.15, 0.2) is 84.0 Å². The van der Waals surface area contributed by atoms with Crippen LogP contribution in [0.4, 0.5) is 5.69 Å². The number of aromatic amines is 2. The molecule has 0 saturated heterocycles. The maximum atomic E-state index is 12.2. The second kappa shape index (κ2) is 9.92. The van der Waals surface area contributed by atoms with Gasteiger partial charge in [0.2, 0.25) is 0 Å². The van der Waals surface area contributed by atoms with Gasteiger partial charge in [-0.05, 0) is 49.7 Å². The number of carbonyl (C=O) groups is 1. The van der Waals surface area contributed by atoms with E-state index in [1.165, 1.54) is 0 Å². The Balaban J connectivity index is 1.59. The number of ether oxygens (including phenoxy) is 1. The molecule has 0 bridgehead atoms. The van der Waals surface area contributed by atoms with Gasteiger partial charge in [0, 0.05) is 33.9 Å². The molecule has 0 aliphatic heterocycles. The number of esters is 1. The van der Waals surface area contributed by atoms with Crippen molar-refractivity contribution in [1.82, 2.24) is 15.0 Å². The molecular formula is C29H26N4O3. The number of H-pyrrole nitrogens is 2. The van der Waals surface area contributed by atoms with Gasteiger partial charge in [-0.1, -0.05) is 43.3 Å². The number of nitrogens with zero attached hydrogens (tertiary/aromatic N) is 2. The molecule has 5 aromatic rings. The van der Waals surface area contributed by atoms with Crippen molar-refractivity contribution in [2.75, 3.05) is 6.61 Å². The van der Waals surface area contributed by atoms with E-state index < -0.39 is 5.97 Å². The quantitative estimate of drug-likeness (QED) is 0.192. The molecule has 0 aliphatic rings. The fourth-order valence-electron chi connectivity index (χ4n) is 4.13. The van der Waals surface area contributed by atoms with E-state index in [1.54, 1.807) is 25.1 Å². The smallest absolute Gasteiger partial charge is 0.338 e. The van der Waals surface area contributed by atoms with Gasteiger partial charge >= 0.3 is 5.97 Å². The van der Waals surface area contributed by atoms with Gasteiger partial charge in [-0.25, -0.2) is 14.8 Å². The maximum absolute atomic E-state index is 12.2. The molecule has 7 nitrogen and oxygen atoms in total. The molecule has 3 N–H and O–H groups in total. The minimum Gasteiger partial charge on any atom is -0.494 e. The lowest BCUT2D eigenvalue weighted by Crippen LogP contribution is -2.05. The van der Waals surface area contributed by atoms with Crippen molar-refractivity contribution < 1.29 is 14.6 Å². The number of imidazole rings is 1. The number of aromatic nitrogens is 3. The number of carbonyl (C=O) groups excluding carboxylic acids is 1. The highest BCUT2D eigenvalue weighted by molar-refractivity contribution is 6.22. The summed E-state index contributed by atoms with van der Waals surface area (Å²) in [5, 5.41) is 11.7. The third kappa shape index (κ3) is 4.51. The number of nitrogens with one attached hydrogen (secondary N) is 2. The molecule has 5 rings (SSSR count). The number of aliphatic imine (C=N–C) groups is 1. The molecule has 2 aromatic heterocycles. The zero-order chi connectivity index (χ0) is 25.1. The number of benzene rings is 3. The van der Waals surface area contributed by atoms with Gasteiger partial charge in [0.15, 0.2) is 5.88 Å². The van der Waals surface area contributed by atoms with Crippen LogP contribution in [0, 0.1) is 0 Å². The predicted molar refractivity (Wildman–Crippen MR) is 141 cm³/mol. The van der Waals surface area contributed by atoms with Crippen molar-refractivity contribution in [3.05, 3.63) is 101 Å². The first-order chi connectivity index (χ1) is 17.6. The van der Waals surface area contributed by atoms with Crippen molar-refractivity contribution in [2.24, 2.45) is 4.99 Å². The van der Waals surface area contributed by atoms with E-state index in [-0.39, 0.29) is 5.88 Å². The number of hydrogen-bond acceptors (Lipinski definition) is 5. The highest BCUT2D eigenvalue weighted by Gasteiger charge is 2.20. The third-order valence-corrected chi connectivity index (χ3v) is 5.96. The highest BCUT2D eigenvalue weighted by Crippen LogP contribution is 2.32. The van der Waals surface area contributed by atoms with Gasteiger partial charge in [-0.3, -0.25) is 0 Å². The van der Waals surface area contributed by atoms with Crippen LogP contribution in [0.5, 0.6) is 5.88 Å². The molecule has 36 heavy (non-hydrogen) atoms. The zero-order valence-electron chi connectivity index (χ0n) is 20.1. The van der Waals surface area contributed by atoms with Crippen molar-refractivity contribution in [3.63, 3.8) is 0 Å². The maximum Gasteiger partial charge on any atom is 0.338 e. The summed E-state index contributed by atoms with van der Waals surface area (Å²) in [5.41, 5.74) is 5.85. The van der Waals surface area contributed by atoms with Crippen LogP contribution in [0.1, 0.15) is 41.0 Å². The zero-order valence-corrected chi connectivity index (χ0v) is 20.1. The van der Waals surface area contributed by atoms with E-state index in [2.05, 4.69) is 21.9 Å². The molecule has 0 amide bonds. The summed E-state index contributed by atoms with van der Waals surface area (Å²) in [5.74, 6) is 0.389. The molecule has 7 heteroatoms. The minimum absolute atomic E-state index is 0.0205. The van der Waals surface area contributed by atoms with E-state index >= 15 is 0 Å². The van der Waals surface area contributed by atoms with Crippen molar-refractivity contribution in [2.45, 2.75) is 20.3 Å². The van der Waals surface area contributed by atoms with Crippen LogP contribution in [0.25, 0.3) is 22.3 Å². The number of aryl methyl sites for hydroxylation is 1. The van der Waals surface area contributed by atoms with Crippen molar-refractivity contribution in [1.29, 1.82) is 0 Å². The number of aromatic hydroxyl groups is 1. The van der Waals surface area contributed by atoms with Crippen LogP contribution in [0.3, 0.4) is 0 Å². The summed E-state index contributed by atoms with van der Waals surface area (Å²) in [7, 11) is 0. The Hall–Kier alpha value is -4.65. The predicted octanol–water partition coefficient (Wildman–Crippen LogP) is 6.17. The third-order valence-electron chi connectivity index (χ3n) is 5.96. The van der Waals surface area contributed by atoms with E-state index in [4.69, 9.17) is 9.73 Å². The molecule has 180 valence electrons. The molecule has 3 aromatic carbocycles. The van der Waals surface area contributed by atoms with Gasteiger partial charge in [0.25, 0.3) is 0 Å². The first-order valence-corrected chi connectivity index (χ1v) is 11.9. The summed E-state index contributed by atoms with van der Waals surface area (Å²) in [6.45, 7) is 4.14. The van der Waals surface area contributed by atoms with E-state index in [9.17, 15) is 9.90 Å². The van der Waals surface area contributed by atoms with E-state index in [1.807, 2.05) is 60.8 Å². The largest absolute Gasteiger partial charge is 0.494 e. The summed E-state index contributed by atoms with van der Waals surface area (Å²) in [6, 6.07) is 22.7. The Morgan fingerprint density at radius 3 is 2.44 bits per heavy atom. The Bertz CT molecular complexity index is 1550. The standard InChI is InChI=1S/C29H26N4O3/c1-3-21-17-30-27(32-21)19-10-13-22(14-11-19)31-26(18-8-6-5-7-9-18)25-23-15-12-20(29(35)36-4-2)16-24(23)33-28(25)34/h5-17,33-34H,3-4H2,1-2H3,(H,30,32). The fraction of sp³-hybridized carbons (Fsp3) is 0.138. The Morgan fingerprint density at radius 2 is 1.75 bits per heavy atom. The topological polar surface area (TPSA) is 103 Å². The Labute approximate surface area is 208 Å². The van der Waals surface area contributed by atoms with Gasteiger partial charge < -0.3 is 19.8 Å². The van der Waals surface area contributed by atoms with Crippen molar-refractivity contribution >= 4 is 28.3 Å². The number of hydrogen-bond donors (Lipinski definition) is 3. The Kier molecular flexibility index (Phi) is 6.36. The first kappa shape index (κ1) is 23.1. The van der Waals surface area contributed by atoms with Crippen LogP contribution in [-0.2, 0) is 11.2 Å². The monoisotopic (exact) mass is 478 g/mol. The van der Waals surface area contributed by atoms with Crippen molar-refractivity contribution in [3.8, 4) is 17.3 Å². The first-order valence-electron chi connectivity index (χ1n) is 11.9. The fourth-order valence-corrected chi connectivity index (χ4v) is 4.13. The molecule has 2 heterocycles. The second-order valence-corrected chi connectivity index (χ2v) is 8.31. The van der Waals surface area contributed by atoms with Crippen LogP contribution >= 0.6 is 0 Å². The molecule has 0 aliphatic carbocycles. The summed E-state index contributed by atoms with van der Waals surface area (Å²) >= 11 is 0. The molecule has 0 radical (unpaired) electrons. The van der Waals surface area contributed by atoms with Crippen LogP contribution in [0.2, 0.25) is 0 Å². The average Bonchev–Trinajstić information content (AvgIpc) is 3.52. The SMILES string of the molecule is CCOC(=O)c1ccc2c(C(=Nc3ccc(-c4ncc(CC)[nH]4)cc3)c3ccccc3)c(O)[nH]c2c1. The van der Waals surface area contributed by atoms with Gasteiger partial charge in [0.1, 0.15) is 5.82 Å². The van der Waals surface area contributed by atoms with Gasteiger partial charge in [-0.2, -0.15) is 0 Å². The second-order valence-electron chi connectivity index (χ2n) is 8.31. The lowest BCUT2D eigenvalue weighted by molar-refractivity contribution is 0.0526. The summed E-state index contributed by atoms with van der Waals surface area (Å²) in [6.07, 6.45) is 2.74. The van der Waals surface area contributed by atoms with E-state index in [0.717, 1.165) is 40.1 Å². The number of rotatable bonds is 7. The molecule has 0 saturated carbocycles. The van der Waals surface area contributed by atoms with E-state index in [0.29, 0.717) is 29.0 Å². The van der Waals surface area contributed by atoms with Gasteiger partial charge in [-0.15, -0.1) is 0 Å². The Morgan fingerprint density at radius 1 is 0.972 bits per heavy atom.